The monoisotopic (exact) mass is 412 g/mol. The molecule has 0 N–H and O–H groups in total. The number of ether oxygens (including phenoxy) is 3. The Morgan fingerprint density at radius 1 is 1.03 bits per heavy atom. The molecule has 7 heteroatoms. The molecule has 1 aromatic heterocycles. The fourth-order valence-corrected chi connectivity index (χ4v) is 3.41. The van der Waals surface area contributed by atoms with Crippen LogP contribution in [-0.4, -0.2) is 43.2 Å². The summed E-state index contributed by atoms with van der Waals surface area (Å²) < 4.78 is 16.1. The third-order valence-corrected chi connectivity index (χ3v) is 5.12. The molecule has 2 aromatic carbocycles. The molecule has 3 rings (SSSR count). The van der Waals surface area contributed by atoms with Gasteiger partial charge in [-0.05, 0) is 36.4 Å². The summed E-state index contributed by atoms with van der Waals surface area (Å²) in [6.07, 6.45) is 0. The Balaban J connectivity index is 1.61. The van der Waals surface area contributed by atoms with Crippen LogP contribution in [0.15, 0.2) is 60.0 Å². The third-order valence-electron chi connectivity index (χ3n) is 4.25. The van der Waals surface area contributed by atoms with Crippen LogP contribution in [0.5, 0.6) is 11.5 Å². The topological polar surface area (TPSA) is 60.9 Å². The maximum absolute atomic E-state index is 12.8. The molecule has 3 aromatic rings. The maximum Gasteiger partial charge on any atom is 0.254 e. The maximum atomic E-state index is 12.8. The molecule has 152 valence electrons. The predicted molar refractivity (Wildman–Crippen MR) is 112 cm³/mol. The van der Waals surface area contributed by atoms with E-state index >= 15 is 0 Å². The number of carbonyl (C=O) groups is 1. The van der Waals surface area contributed by atoms with Crippen LogP contribution in [0.4, 0.5) is 0 Å². The van der Waals surface area contributed by atoms with Gasteiger partial charge in [-0.25, -0.2) is 4.98 Å². The first kappa shape index (κ1) is 20.8. The molecule has 0 saturated heterocycles. The van der Waals surface area contributed by atoms with Gasteiger partial charge in [-0.3, -0.25) is 4.79 Å². The van der Waals surface area contributed by atoms with Gasteiger partial charge in [0.2, 0.25) is 0 Å². The van der Waals surface area contributed by atoms with E-state index in [0.29, 0.717) is 31.9 Å². The average Bonchev–Trinajstić information content (AvgIpc) is 3.23. The quantitative estimate of drug-likeness (QED) is 0.503. The summed E-state index contributed by atoms with van der Waals surface area (Å²) in [7, 11) is 3.26. The van der Waals surface area contributed by atoms with Gasteiger partial charge in [-0.1, -0.05) is 18.2 Å². The Kier molecular flexibility index (Phi) is 7.61. The molecule has 0 radical (unpaired) electrons. The number of thiazole rings is 1. The highest BCUT2D eigenvalue weighted by Gasteiger charge is 2.17. The third kappa shape index (κ3) is 6.04. The largest absolute Gasteiger partial charge is 0.497 e. The van der Waals surface area contributed by atoms with Gasteiger partial charge in [0.1, 0.15) is 23.1 Å². The van der Waals surface area contributed by atoms with Crippen molar-refractivity contribution in [1.82, 2.24) is 9.88 Å². The highest BCUT2D eigenvalue weighted by atomic mass is 32.1. The number of benzene rings is 2. The van der Waals surface area contributed by atoms with Crippen molar-refractivity contribution in [2.45, 2.75) is 13.2 Å². The van der Waals surface area contributed by atoms with Crippen LogP contribution < -0.4 is 9.47 Å². The van der Waals surface area contributed by atoms with Gasteiger partial charge >= 0.3 is 0 Å². The van der Waals surface area contributed by atoms with Gasteiger partial charge in [0.05, 0.1) is 26.0 Å². The molecule has 0 aliphatic rings. The van der Waals surface area contributed by atoms with E-state index in [0.717, 1.165) is 22.2 Å². The second-order valence-electron chi connectivity index (χ2n) is 6.28. The molecule has 0 saturated carbocycles. The summed E-state index contributed by atoms with van der Waals surface area (Å²) in [5, 5.41) is 2.82. The number of amides is 1. The highest BCUT2D eigenvalue weighted by molar-refractivity contribution is 7.09. The Morgan fingerprint density at radius 3 is 2.45 bits per heavy atom. The molecule has 0 fully saturated rings. The first-order valence-electron chi connectivity index (χ1n) is 9.23. The van der Waals surface area contributed by atoms with Gasteiger partial charge in [-0.2, -0.15) is 0 Å². The van der Waals surface area contributed by atoms with E-state index in [4.69, 9.17) is 14.2 Å². The molecule has 0 aliphatic heterocycles. The molecular weight excluding hydrogens is 388 g/mol. The van der Waals surface area contributed by atoms with Crippen molar-refractivity contribution >= 4 is 17.2 Å². The van der Waals surface area contributed by atoms with Crippen LogP contribution in [-0.2, 0) is 17.9 Å². The van der Waals surface area contributed by atoms with E-state index in [2.05, 4.69) is 4.98 Å². The summed E-state index contributed by atoms with van der Waals surface area (Å²) in [5.74, 6) is 1.50. The zero-order chi connectivity index (χ0) is 20.5. The first-order valence-corrected chi connectivity index (χ1v) is 10.1. The lowest BCUT2D eigenvalue weighted by atomic mass is 10.2. The number of nitrogens with zero attached hydrogens (tertiary/aromatic N) is 2. The molecule has 1 heterocycles. The predicted octanol–water partition coefficient (Wildman–Crippen LogP) is 4.02. The summed E-state index contributed by atoms with van der Waals surface area (Å²) >= 11 is 1.52. The lowest BCUT2D eigenvalue weighted by molar-refractivity contribution is 0.0678. The summed E-state index contributed by atoms with van der Waals surface area (Å²) in [6.45, 7) is 1.77. The summed E-state index contributed by atoms with van der Waals surface area (Å²) in [4.78, 5) is 19.2. The van der Waals surface area contributed by atoms with E-state index in [1.54, 1.807) is 19.1 Å². The number of rotatable bonds is 10. The molecule has 29 heavy (non-hydrogen) atoms. The normalized spacial score (nSPS) is 10.6. The van der Waals surface area contributed by atoms with Crippen molar-refractivity contribution < 1.29 is 19.0 Å². The Labute approximate surface area is 174 Å². The minimum atomic E-state index is -0.0355. The second-order valence-corrected chi connectivity index (χ2v) is 7.22. The first-order chi connectivity index (χ1) is 14.2. The minimum absolute atomic E-state index is 0.0355. The zero-order valence-corrected chi connectivity index (χ0v) is 17.4. The van der Waals surface area contributed by atoms with Gasteiger partial charge in [0.25, 0.3) is 5.91 Å². The van der Waals surface area contributed by atoms with Crippen molar-refractivity contribution in [3.8, 4) is 11.5 Å². The fraction of sp³-hybridized carbons (Fsp3) is 0.273. The number of methoxy groups -OCH3 is 2. The van der Waals surface area contributed by atoms with E-state index < -0.39 is 0 Å². The molecule has 0 unspecified atom stereocenters. The van der Waals surface area contributed by atoms with Crippen molar-refractivity contribution in [2.24, 2.45) is 0 Å². The van der Waals surface area contributed by atoms with Crippen LogP contribution in [0.3, 0.4) is 0 Å². The van der Waals surface area contributed by atoms with E-state index in [9.17, 15) is 4.79 Å². The van der Waals surface area contributed by atoms with Crippen molar-refractivity contribution in [3.05, 3.63) is 76.2 Å². The summed E-state index contributed by atoms with van der Waals surface area (Å²) in [5.41, 5.74) is 1.49. The molecule has 0 atom stereocenters. The molecule has 0 aliphatic carbocycles. The smallest absolute Gasteiger partial charge is 0.254 e. The molecule has 0 spiro atoms. The number of aromatic nitrogens is 1. The lowest BCUT2D eigenvalue weighted by Crippen LogP contribution is -2.33. The SMILES string of the molecule is COCCN(Cc1csc(COc2ccc(OC)cc2)n1)C(=O)c1ccccc1. The van der Waals surface area contributed by atoms with Crippen LogP contribution >= 0.6 is 11.3 Å². The molecule has 0 bridgehead atoms. The molecule has 1 amide bonds. The zero-order valence-electron chi connectivity index (χ0n) is 16.5. The van der Waals surface area contributed by atoms with Crippen LogP contribution in [0.25, 0.3) is 0 Å². The Morgan fingerprint density at radius 2 is 1.76 bits per heavy atom. The van der Waals surface area contributed by atoms with Gasteiger partial charge in [0, 0.05) is 24.6 Å². The van der Waals surface area contributed by atoms with E-state index in [1.807, 2.05) is 60.0 Å². The van der Waals surface area contributed by atoms with Crippen molar-refractivity contribution in [1.29, 1.82) is 0 Å². The molecule has 6 nitrogen and oxygen atoms in total. The minimum Gasteiger partial charge on any atom is -0.497 e. The number of hydrogen-bond acceptors (Lipinski definition) is 6. The Bertz CT molecular complexity index is 897. The fourth-order valence-electron chi connectivity index (χ4n) is 2.72. The van der Waals surface area contributed by atoms with E-state index in [1.165, 1.54) is 11.3 Å². The van der Waals surface area contributed by atoms with Crippen LogP contribution in [0.1, 0.15) is 21.1 Å². The number of hydrogen-bond donors (Lipinski definition) is 0. The second kappa shape index (κ2) is 10.6. The standard InChI is InChI=1S/C22H24N2O4S/c1-26-13-12-24(22(25)17-6-4-3-5-7-17)14-18-16-29-21(23-18)15-28-20-10-8-19(27-2)9-11-20/h3-11,16H,12-15H2,1-2H3. The van der Waals surface area contributed by atoms with Crippen molar-refractivity contribution in [2.75, 3.05) is 27.4 Å². The van der Waals surface area contributed by atoms with E-state index in [-0.39, 0.29) is 5.91 Å². The van der Waals surface area contributed by atoms with Gasteiger partial charge in [-0.15, -0.1) is 11.3 Å². The van der Waals surface area contributed by atoms with Crippen LogP contribution in [0.2, 0.25) is 0 Å². The van der Waals surface area contributed by atoms with Crippen molar-refractivity contribution in [3.63, 3.8) is 0 Å². The number of carbonyl (C=O) groups excluding carboxylic acids is 1. The molecular formula is C22H24N2O4S. The van der Waals surface area contributed by atoms with Gasteiger partial charge < -0.3 is 19.1 Å². The summed E-state index contributed by atoms with van der Waals surface area (Å²) in [6, 6.07) is 16.7. The lowest BCUT2D eigenvalue weighted by Gasteiger charge is -2.21. The van der Waals surface area contributed by atoms with Gasteiger partial charge in [0.15, 0.2) is 0 Å². The highest BCUT2D eigenvalue weighted by Crippen LogP contribution is 2.20. The Hall–Kier alpha value is -2.90. The van der Waals surface area contributed by atoms with Crippen LogP contribution in [0, 0.1) is 0 Å². The average molecular weight is 413 g/mol.